The zero-order chi connectivity index (χ0) is 19.0. The highest BCUT2D eigenvalue weighted by molar-refractivity contribution is 7.85. The van der Waals surface area contributed by atoms with Crippen LogP contribution in [0.3, 0.4) is 0 Å². The quantitative estimate of drug-likeness (QED) is 0.459. The Morgan fingerprint density at radius 2 is 2.19 bits per heavy atom. The molecule has 4 heterocycles. The molecular weight excluding hydrogens is 390 g/mol. The molecule has 27 heavy (non-hydrogen) atoms. The van der Waals surface area contributed by atoms with Crippen molar-refractivity contribution in [3.63, 3.8) is 0 Å². The Bertz CT molecular complexity index is 728. The highest BCUT2D eigenvalue weighted by atomic mass is 35.5. The van der Waals surface area contributed by atoms with Crippen LogP contribution >= 0.6 is 11.6 Å². The number of rotatable bonds is 3. The Hall–Kier alpha value is -1.30. The molecule has 4 atom stereocenters. The average molecular weight is 414 g/mol. The number of nitrogens with zero attached hydrogens (tertiary/aromatic N) is 3. The van der Waals surface area contributed by atoms with Crippen LogP contribution in [-0.2, 0) is 15.6 Å². The third-order valence-corrected chi connectivity index (χ3v) is 6.77. The third-order valence-electron chi connectivity index (χ3n) is 5.20. The van der Waals surface area contributed by atoms with E-state index in [2.05, 4.69) is 25.9 Å². The summed E-state index contributed by atoms with van der Waals surface area (Å²) < 4.78 is 11.6. The number of carbonyl (C=O) groups excluding carboxylic acids is 1. The summed E-state index contributed by atoms with van der Waals surface area (Å²) in [6.45, 7) is 2.64. The molecule has 3 aliphatic rings. The van der Waals surface area contributed by atoms with Gasteiger partial charge in [-0.15, -0.1) is 11.6 Å². The summed E-state index contributed by atoms with van der Waals surface area (Å²) in [6, 6.07) is 1.87. The summed E-state index contributed by atoms with van der Waals surface area (Å²) in [6.07, 6.45) is 2.65. The van der Waals surface area contributed by atoms with Gasteiger partial charge in [-0.05, 0) is 6.07 Å². The van der Waals surface area contributed by atoms with Gasteiger partial charge in [-0.25, -0.2) is 10.4 Å². The number of nitrogens with two attached hydrogens (primary N) is 1. The van der Waals surface area contributed by atoms with Crippen LogP contribution in [0.25, 0.3) is 0 Å². The van der Waals surface area contributed by atoms with Crippen molar-refractivity contribution < 1.29 is 9.00 Å². The minimum atomic E-state index is -0.760. The molecule has 1 aromatic rings. The summed E-state index contributed by atoms with van der Waals surface area (Å²) in [4.78, 5) is 19.3. The van der Waals surface area contributed by atoms with Crippen molar-refractivity contribution in [1.29, 1.82) is 0 Å². The molecule has 0 radical (unpaired) electrons. The average Bonchev–Trinajstić information content (AvgIpc) is 2.98. The van der Waals surface area contributed by atoms with Gasteiger partial charge in [0.05, 0.1) is 41.2 Å². The van der Waals surface area contributed by atoms with E-state index in [1.54, 1.807) is 12.4 Å². The molecule has 5 N–H and O–H groups in total. The molecule has 1 aromatic heterocycles. The number of halogens is 1. The monoisotopic (exact) mass is 413 g/mol. The Balaban J connectivity index is 1.49. The number of fused-ring (bicyclic) bond motifs is 1. The number of hydrazine groups is 1. The first-order valence-corrected chi connectivity index (χ1v) is 11.0. The molecule has 0 saturated carbocycles. The van der Waals surface area contributed by atoms with E-state index >= 15 is 0 Å². The van der Waals surface area contributed by atoms with E-state index in [9.17, 15) is 9.00 Å². The van der Waals surface area contributed by atoms with E-state index in [-0.39, 0.29) is 17.5 Å². The number of anilines is 2. The van der Waals surface area contributed by atoms with Gasteiger partial charge in [-0.1, -0.05) is 0 Å². The van der Waals surface area contributed by atoms with Gasteiger partial charge in [0.25, 0.3) is 0 Å². The number of nitrogens with one attached hydrogen (secondary N) is 3. The fourth-order valence-corrected chi connectivity index (χ4v) is 5.12. The van der Waals surface area contributed by atoms with E-state index < -0.39 is 22.9 Å². The molecule has 0 aromatic carbocycles. The van der Waals surface area contributed by atoms with Gasteiger partial charge >= 0.3 is 0 Å². The molecule has 3 fully saturated rings. The number of amides is 1. The first-order valence-electron chi connectivity index (χ1n) is 9.03. The molecule has 9 nitrogen and oxygen atoms in total. The number of hydrogen-bond acceptors (Lipinski definition) is 8. The van der Waals surface area contributed by atoms with E-state index in [0.717, 1.165) is 5.69 Å². The second-order valence-corrected chi connectivity index (χ2v) is 9.31. The number of pyridine rings is 1. The van der Waals surface area contributed by atoms with E-state index in [1.165, 1.54) is 0 Å². The third kappa shape index (κ3) is 3.96. The van der Waals surface area contributed by atoms with E-state index in [1.807, 2.05) is 11.1 Å². The van der Waals surface area contributed by atoms with E-state index in [4.69, 9.17) is 17.3 Å². The lowest BCUT2D eigenvalue weighted by molar-refractivity contribution is -0.121. The van der Waals surface area contributed by atoms with E-state index in [0.29, 0.717) is 43.4 Å². The number of alkyl halides is 1. The largest absolute Gasteiger partial charge is 0.368 e. The van der Waals surface area contributed by atoms with Gasteiger partial charge in [0, 0.05) is 54.7 Å². The first kappa shape index (κ1) is 19.0. The van der Waals surface area contributed by atoms with Crippen LogP contribution in [0.5, 0.6) is 0 Å². The van der Waals surface area contributed by atoms with Crippen molar-refractivity contribution in [2.24, 2.45) is 11.7 Å². The zero-order valence-electron chi connectivity index (χ0n) is 14.8. The predicted molar refractivity (Wildman–Crippen MR) is 106 cm³/mol. The van der Waals surface area contributed by atoms with Crippen molar-refractivity contribution in [1.82, 2.24) is 20.7 Å². The SMILES string of the molecule is NC1NN2CC(Cl)CNC2C1C(=O)Nc1cnccc1N1CCS(=O)CC1. The highest BCUT2D eigenvalue weighted by Crippen LogP contribution is 2.28. The van der Waals surface area contributed by atoms with Gasteiger partial charge in [0.15, 0.2) is 0 Å². The minimum absolute atomic E-state index is 0.0302. The molecule has 0 aliphatic carbocycles. The van der Waals surface area contributed by atoms with Crippen LogP contribution in [-0.4, -0.2) is 75.5 Å². The van der Waals surface area contributed by atoms with Crippen molar-refractivity contribution in [3.8, 4) is 0 Å². The first-order chi connectivity index (χ1) is 13.0. The van der Waals surface area contributed by atoms with Gasteiger partial charge in [-0.3, -0.25) is 19.3 Å². The van der Waals surface area contributed by atoms with Gasteiger partial charge in [-0.2, -0.15) is 0 Å². The molecule has 3 saturated heterocycles. The highest BCUT2D eigenvalue weighted by Gasteiger charge is 2.46. The fraction of sp³-hybridized carbons (Fsp3) is 0.625. The van der Waals surface area contributed by atoms with Crippen molar-refractivity contribution in [3.05, 3.63) is 18.5 Å². The maximum atomic E-state index is 13.0. The summed E-state index contributed by atoms with van der Waals surface area (Å²) in [7, 11) is -0.760. The molecule has 3 aliphatic heterocycles. The minimum Gasteiger partial charge on any atom is -0.368 e. The van der Waals surface area contributed by atoms with Gasteiger partial charge in [0.1, 0.15) is 0 Å². The van der Waals surface area contributed by atoms with Crippen molar-refractivity contribution in [2.45, 2.75) is 17.7 Å². The van der Waals surface area contributed by atoms with Crippen LogP contribution in [0.15, 0.2) is 18.5 Å². The van der Waals surface area contributed by atoms with Crippen LogP contribution in [0.2, 0.25) is 0 Å². The molecule has 1 amide bonds. The maximum Gasteiger partial charge on any atom is 0.233 e. The van der Waals surface area contributed by atoms with Crippen LogP contribution in [0.1, 0.15) is 0 Å². The lowest BCUT2D eigenvalue weighted by Crippen LogP contribution is -2.58. The molecule has 4 unspecified atom stereocenters. The van der Waals surface area contributed by atoms with Gasteiger partial charge in [0.2, 0.25) is 5.91 Å². The number of hydrogen-bond donors (Lipinski definition) is 4. The fourth-order valence-electron chi connectivity index (χ4n) is 3.83. The molecule has 11 heteroatoms. The summed E-state index contributed by atoms with van der Waals surface area (Å²) >= 11 is 6.18. The summed E-state index contributed by atoms with van der Waals surface area (Å²) in [5.41, 5.74) is 10.8. The maximum absolute atomic E-state index is 13.0. The van der Waals surface area contributed by atoms with Crippen LogP contribution < -0.4 is 26.7 Å². The Morgan fingerprint density at radius 1 is 1.41 bits per heavy atom. The molecule has 148 valence electrons. The Labute approximate surface area is 165 Å². The van der Waals surface area contributed by atoms with Crippen LogP contribution in [0.4, 0.5) is 11.4 Å². The normalized spacial score (nSPS) is 32.3. The lowest BCUT2D eigenvalue weighted by Gasteiger charge is -2.34. The zero-order valence-corrected chi connectivity index (χ0v) is 16.4. The standard InChI is InChI=1S/C16H24ClN7O2S/c17-10-7-20-15-13(14(18)22-24(15)9-10)16(25)21-11-8-19-2-1-12(11)23-3-5-27(26)6-4-23/h1-2,8,10,13-15,20,22H,3-7,9,18H2,(H,21,25). The molecular formula is C16H24ClN7O2S. The predicted octanol–water partition coefficient (Wildman–Crippen LogP) is -1.15. The molecule has 4 rings (SSSR count). The molecule has 0 spiro atoms. The van der Waals surface area contributed by atoms with Crippen molar-refractivity contribution >= 4 is 39.7 Å². The summed E-state index contributed by atoms with van der Waals surface area (Å²) in [5.74, 6) is 0.635. The van der Waals surface area contributed by atoms with Crippen molar-refractivity contribution in [2.75, 3.05) is 47.9 Å². The number of aromatic nitrogens is 1. The smallest absolute Gasteiger partial charge is 0.233 e. The lowest BCUT2D eigenvalue weighted by atomic mass is 10.0. The summed E-state index contributed by atoms with van der Waals surface area (Å²) in [5, 5.41) is 8.16. The topological polar surface area (TPSA) is 116 Å². The Kier molecular flexibility index (Phi) is 5.62. The molecule has 0 bridgehead atoms. The second-order valence-electron chi connectivity index (χ2n) is 7.00. The number of carbonyl (C=O) groups is 1. The Morgan fingerprint density at radius 3 is 2.96 bits per heavy atom. The second kappa shape index (κ2) is 7.98. The van der Waals surface area contributed by atoms with Gasteiger partial charge < -0.3 is 16.0 Å². The van der Waals surface area contributed by atoms with Crippen LogP contribution in [0, 0.1) is 5.92 Å².